The normalized spacial score (nSPS) is 12.2. The van der Waals surface area contributed by atoms with Gasteiger partial charge in [-0.05, 0) is 53.5 Å². The van der Waals surface area contributed by atoms with Crippen molar-refractivity contribution in [3.05, 3.63) is 48.5 Å². The number of hydrogen-bond donors (Lipinski definition) is 0. The largest absolute Gasteiger partial charge is 0.425 e. The molecule has 0 amide bonds. The van der Waals surface area contributed by atoms with Crippen LogP contribution in [0.3, 0.4) is 0 Å². The molecule has 0 spiro atoms. The van der Waals surface area contributed by atoms with Gasteiger partial charge < -0.3 is 4.74 Å². The first-order valence-corrected chi connectivity index (χ1v) is 11.6. The number of rotatable bonds is 11. The van der Waals surface area contributed by atoms with Crippen LogP contribution < -0.4 is 4.74 Å². The Morgan fingerprint density at radius 1 is 0.929 bits per heavy atom. The molecule has 0 saturated carbocycles. The monoisotopic (exact) mass is 418 g/mol. The van der Waals surface area contributed by atoms with Crippen LogP contribution in [0, 0.1) is 5.92 Å². The Labute approximate surface area is 179 Å². The van der Waals surface area contributed by atoms with Crippen molar-refractivity contribution >= 4 is 29.3 Å². The van der Waals surface area contributed by atoms with Crippen LogP contribution >= 0.6 is 23.4 Å². The fourth-order valence-electron chi connectivity index (χ4n) is 2.80. The van der Waals surface area contributed by atoms with Crippen LogP contribution in [0.1, 0.15) is 52.9 Å². The summed E-state index contributed by atoms with van der Waals surface area (Å²) in [4.78, 5) is 13.3. The molecule has 0 N–H and O–H groups in total. The number of carbonyl (C=O) groups excluding carboxylic acids is 1. The highest BCUT2D eigenvalue weighted by atomic mass is 35.5. The maximum atomic E-state index is 11.9. The van der Waals surface area contributed by atoms with Gasteiger partial charge in [-0.25, -0.2) is 0 Å². The van der Waals surface area contributed by atoms with Gasteiger partial charge in [-0.3, -0.25) is 4.79 Å². The summed E-state index contributed by atoms with van der Waals surface area (Å²) in [6, 6.07) is 16.2. The van der Waals surface area contributed by atoms with Crippen molar-refractivity contribution in [2.45, 2.75) is 63.1 Å². The number of alkyl halides is 1. The highest BCUT2D eigenvalue weighted by Crippen LogP contribution is 2.27. The van der Waals surface area contributed by atoms with E-state index in [9.17, 15) is 4.79 Å². The number of hydrogen-bond acceptors (Lipinski definition) is 3. The quantitative estimate of drug-likeness (QED) is 0.124. The minimum atomic E-state index is -0.628. The van der Waals surface area contributed by atoms with Gasteiger partial charge in [-0.2, -0.15) is 0 Å². The fourth-order valence-corrected chi connectivity index (χ4v) is 3.76. The van der Waals surface area contributed by atoms with Gasteiger partial charge >= 0.3 is 5.97 Å². The third kappa shape index (κ3) is 7.52. The summed E-state index contributed by atoms with van der Waals surface area (Å²) in [5.74, 6) is 1.35. The Morgan fingerprint density at radius 3 is 2.07 bits per heavy atom. The second-order valence-corrected chi connectivity index (χ2v) is 9.02. The molecule has 0 aliphatic rings. The van der Waals surface area contributed by atoms with Crippen LogP contribution in [0.4, 0.5) is 0 Å². The van der Waals surface area contributed by atoms with E-state index in [-0.39, 0.29) is 5.92 Å². The Balaban J connectivity index is 1.85. The number of halogens is 1. The second kappa shape index (κ2) is 12.2. The number of thioether (sulfide) groups is 1. The van der Waals surface area contributed by atoms with Gasteiger partial charge in [0.1, 0.15) is 11.1 Å². The molecule has 1 unspecified atom stereocenters. The van der Waals surface area contributed by atoms with Gasteiger partial charge in [0.05, 0.1) is 0 Å². The SMILES string of the molecule is CCCCCCCSc1ccc(-c2ccc(OC(=O)C(Cl)C(C)C)cc2)cc1. The van der Waals surface area contributed by atoms with Gasteiger partial charge in [0.15, 0.2) is 0 Å². The van der Waals surface area contributed by atoms with E-state index < -0.39 is 11.3 Å². The lowest BCUT2D eigenvalue weighted by Gasteiger charge is -2.12. The predicted molar refractivity (Wildman–Crippen MR) is 121 cm³/mol. The number of carbonyl (C=O) groups is 1. The van der Waals surface area contributed by atoms with E-state index in [0.29, 0.717) is 5.75 Å². The van der Waals surface area contributed by atoms with Crippen LogP contribution in [0.25, 0.3) is 11.1 Å². The molecule has 152 valence electrons. The number of unbranched alkanes of at least 4 members (excludes halogenated alkanes) is 4. The molecule has 2 rings (SSSR count). The van der Waals surface area contributed by atoms with E-state index in [1.165, 1.54) is 42.8 Å². The van der Waals surface area contributed by atoms with E-state index in [1.807, 2.05) is 49.9 Å². The molecule has 2 aromatic rings. The van der Waals surface area contributed by atoms with Gasteiger partial charge in [0.2, 0.25) is 0 Å². The lowest BCUT2D eigenvalue weighted by molar-refractivity contribution is -0.134. The topological polar surface area (TPSA) is 26.3 Å². The number of benzene rings is 2. The Morgan fingerprint density at radius 2 is 1.50 bits per heavy atom. The molecule has 0 aliphatic carbocycles. The zero-order valence-electron chi connectivity index (χ0n) is 17.1. The van der Waals surface area contributed by atoms with Crippen molar-refractivity contribution in [2.75, 3.05) is 5.75 Å². The van der Waals surface area contributed by atoms with Crippen molar-refractivity contribution in [1.29, 1.82) is 0 Å². The molecule has 4 heteroatoms. The standard InChI is InChI=1S/C24H31ClO2S/c1-4-5-6-7-8-17-28-22-15-11-20(12-16-22)19-9-13-21(14-10-19)27-24(26)23(25)18(2)3/h9-16,18,23H,4-8,17H2,1-3H3. The molecule has 0 heterocycles. The Kier molecular flexibility index (Phi) is 9.94. The molecule has 0 aliphatic heterocycles. The summed E-state index contributed by atoms with van der Waals surface area (Å²) >= 11 is 7.98. The number of esters is 1. The molecule has 1 atom stereocenters. The Hall–Kier alpha value is -1.45. The molecular weight excluding hydrogens is 388 g/mol. The van der Waals surface area contributed by atoms with Gasteiger partial charge in [0, 0.05) is 4.90 Å². The maximum Gasteiger partial charge on any atom is 0.329 e. The molecule has 0 aromatic heterocycles. The minimum absolute atomic E-state index is 0.0427. The summed E-state index contributed by atoms with van der Waals surface area (Å²) in [6.45, 7) is 6.05. The second-order valence-electron chi connectivity index (χ2n) is 7.38. The predicted octanol–water partition coefficient (Wildman–Crippen LogP) is 7.58. The molecule has 2 aromatic carbocycles. The molecule has 0 radical (unpaired) electrons. The zero-order valence-corrected chi connectivity index (χ0v) is 18.7. The van der Waals surface area contributed by atoms with Crippen LogP contribution in [-0.2, 0) is 4.79 Å². The van der Waals surface area contributed by atoms with Crippen molar-refractivity contribution in [2.24, 2.45) is 5.92 Å². The average Bonchev–Trinajstić information content (AvgIpc) is 2.71. The highest BCUT2D eigenvalue weighted by molar-refractivity contribution is 7.99. The lowest BCUT2D eigenvalue weighted by Crippen LogP contribution is -2.25. The first-order valence-electron chi connectivity index (χ1n) is 10.2. The van der Waals surface area contributed by atoms with E-state index >= 15 is 0 Å². The van der Waals surface area contributed by atoms with Gasteiger partial charge in [-0.1, -0.05) is 70.7 Å². The molecule has 0 fully saturated rings. The van der Waals surface area contributed by atoms with Gasteiger partial charge in [0.25, 0.3) is 0 Å². The van der Waals surface area contributed by atoms with Crippen molar-refractivity contribution in [3.8, 4) is 16.9 Å². The number of ether oxygens (including phenoxy) is 1. The zero-order chi connectivity index (χ0) is 20.4. The first-order chi connectivity index (χ1) is 13.5. The summed E-state index contributed by atoms with van der Waals surface area (Å²) < 4.78 is 5.35. The minimum Gasteiger partial charge on any atom is -0.425 e. The van der Waals surface area contributed by atoms with Crippen LogP contribution in [0.2, 0.25) is 0 Å². The molecule has 2 nitrogen and oxygen atoms in total. The third-order valence-electron chi connectivity index (χ3n) is 4.59. The van der Waals surface area contributed by atoms with Gasteiger partial charge in [-0.15, -0.1) is 23.4 Å². The summed E-state index contributed by atoms with van der Waals surface area (Å²) in [6.07, 6.45) is 6.61. The van der Waals surface area contributed by atoms with E-state index in [2.05, 4.69) is 31.2 Å². The summed E-state index contributed by atoms with van der Waals surface area (Å²) in [5.41, 5.74) is 2.25. The lowest BCUT2D eigenvalue weighted by atomic mass is 10.1. The van der Waals surface area contributed by atoms with E-state index in [1.54, 1.807) is 0 Å². The van der Waals surface area contributed by atoms with Crippen molar-refractivity contribution in [3.63, 3.8) is 0 Å². The first kappa shape index (κ1) is 22.8. The highest BCUT2D eigenvalue weighted by Gasteiger charge is 2.21. The molecule has 0 bridgehead atoms. The summed E-state index contributed by atoms with van der Waals surface area (Å²) in [5, 5.41) is -0.628. The third-order valence-corrected chi connectivity index (χ3v) is 6.37. The van der Waals surface area contributed by atoms with Crippen molar-refractivity contribution < 1.29 is 9.53 Å². The van der Waals surface area contributed by atoms with E-state index in [0.717, 1.165) is 11.1 Å². The molecule has 0 saturated heterocycles. The summed E-state index contributed by atoms with van der Waals surface area (Å²) in [7, 11) is 0. The molecular formula is C24H31ClO2S. The van der Waals surface area contributed by atoms with E-state index in [4.69, 9.17) is 16.3 Å². The maximum absolute atomic E-state index is 11.9. The van der Waals surface area contributed by atoms with Crippen LogP contribution in [-0.4, -0.2) is 17.1 Å². The molecule has 28 heavy (non-hydrogen) atoms. The fraction of sp³-hybridized carbons (Fsp3) is 0.458. The van der Waals surface area contributed by atoms with Crippen LogP contribution in [0.5, 0.6) is 5.75 Å². The van der Waals surface area contributed by atoms with Crippen LogP contribution in [0.15, 0.2) is 53.4 Å². The smallest absolute Gasteiger partial charge is 0.329 e. The Bertz CT molecular complexity index is 710. The average molecular weight is 419 g/mol. The van der Waals surface area contributed by atoms with Crippen molar-refractivity contribution in [1.82, 2.24) is 0 Å².